The summed E-state index contributed by atoms with van der Waals surface area (Å²) in [5, 5.41) is 6.34. The number of carbonyl (C=O) groups is 2. The van der Waals surface area contributed by atoms with E-state index in [1.807, 2.05) is 0 Å². The molecule has 1 unspecified atom stereocenters. The van der Waals surface area contributed by atoms with Gasteiger partial charge in [-0.3, -0.25) is 9.59 Å². The molecule has 0 bridgehead atoms. The lowest BCUT2D eigenvalue weighted by atomic mass is 9.96. The first kappa shape index (κ1) is 14.8. The summed E-state index contributed by atoms with van der Waals surface area (Å²) in [5.74, 6) is -0.300. The average Bonchev–Trinajstić information content (AvgIpc) is 2.41. The second-order valence-corrected chi connectivity index (χ2v) is 5.43. The van der Waals surface area contributed by atoms with Crippen molar-refractivity contribution in [1.29, 1.82) is 0 Å². The highest BCUT2D eigenvalue weighted by Crippen LogP contribution is 2.21. The van der Waals surface area contributed by atoms with Gasteiger partial charge in [-0.15, -0.1) is 0 Å². The van der Waals surface area contributed by atoms with Crippen LogP contribution in [-0.4, -0.2) is 24.9 Å². The Kier molecular flexibility index (Phi) is 4.98. The third-order valence-electron chi connectivity index (χ3n) is 3.39. The van der Waals surface area contributed by atoms with Crippen LogP contribution in [0.25, 0.3) is 0 Å². The molecule has 1 fully saturated rings. The number of piperidine rings is 1. The summed E-state index contributed by atoms with van der Waals surface area (Å²) in [7, 11) is 0. The number of anilines is 1. The zero-order valence-electron chi connectivity index (χ0n) is 11.1. The lowest BCUT2D eigenvalue weighted by Crippen LogP contribution is -2.32. The summed E-state index contributed by atoms with van der Waals surface area (Å²) in [6.07, 6.45) is 2.64. The summed E-state index contributed by atoms with van der Waals surface area (Å²) >= 11 is 5.86. The van der Waals surface area contributed by atoms with Gasteiger partial charge in [-0.25, -0.2) is 0 Å². The molecular formula is C14H18ClN3O2. The van der Waals surface area contributed by atoms with Gasteiger partial charge in [0.15, 0.2) is 0 Å². The van der Waals surface area contributed by atoms with Crippen LogP contribution in [0.2, 0.25) is 5.02 Å². The summed E-state index contributed by atoms with van der Waals surface area (Å²) in [6.45, 7) is 1.90. The maximum absolute atomic E-state index is 12.0. The van der Waals surface area contributed by atoms with Gasteiger partial charge in [0.1, 0.15) is 0 Å². The number of hydrogen-bond acceptors (Lipinski definition) is 3. The molecule has 1 aromatic carbocycles. The van der Waals surface area contributed by atoms with Gasteiger partial charge in [-0.2, -0.15) is 0 Å². The van der Waals surface area contributed by atoms with E-state index in [0.717, 1.165) is 25.9 Å². The standard InChI is InChI=1S/C14H18ClN3O2/c15-12-4-3-10(7-11(12)14(16)20)18-13(19)6-9-2-1-5-17-8-9/h3-4,7,9,17H,1-2,5-6,8H2,(H2,16,20)(H,18,19). The first-order chi connectivity index (χ1) is 9.56. The average molecular weight is 296 g/mol. The van der Waals surface area contributed by atoms with Crippen molar-refractivity contribution in [2.75, 3.05) is 18.4 Å². The number of amides is 2. The van der Waals surface area contributed by atoms with Gasteiger partial charge in [0.25, 0.3) is 0 Å². The number of primary amides is 1. The van der Waals surface area contributed by atoms with E-state index < -0.39 is 5.91 Å². The molecule has 1 atom stereocenters. The van der Waals surface area contributed by atoms with Crippen LogP contribution >= 0.6 is 11.6 Å². The molecule has 1 heterocycles. The van der Waals surface area contributed by atoms with Crippen molar-refractivity contribution >= 4 is 29.1 Å². The van der Waals surface area contributed by atoms with E-state index in [2.05, 4.69) is 10.6 Å². The Hall–Kier alpha value is -1.59. The largest absolute Gasteiger partial charge is 0.366 e. The van der Waals surface area contributed by atoms with Crippen LogP contribution in [0.4, 0.5) is 5.69 Å². The van der Waals surface area contributed by atoms with Crippen molar-refractivity contribution in [2.24, 2.45) is 11.7 Å². The molecule has 1 aliphatic heterocycles. The summed E-state index contributed by atoms with van der Waals surface area (Å²) in [4.78, 5) is 23.2. The van der Waals surface area contributed by atoms with E-state index in [1.165, 1.54) is 6.07 Å². The number of nitrogens with two attached hydrogens (primary N) is 1. The fourth-order valence-corrected chi connectivity index (χ4v) is 2.57. The lowest BCUT2D eigenvalue weighted by molar-refractivity contribution is -0.117. The number of rotatable bonds is 4. The highest BCUT2D eigenvalue weighted by Gasteiger charge is 2.17. The zero-order valence-corrected chi connectivity index (χ0v) is 11.9. The highest BCUT2D eigenvalue weighted by atomic mass is 35.5. The molecule has 6 heteroatoms. The Bertz CT molecular complexity index is 513. The third kappa shape index (κ3) is 3.95. The van der Waals surface area contributed by atoms with Gasteiger partial charge in [-0.1, -0.05) is 11.6 Å². The normalized spacial score (nSPS) is 18.6. The first-order valence-corrected chi connectivity index (χ1v) is 7.04. The fourth-order valence-electron chi connectivity index (χ4n) is 2.36. The quantitative estimate of drug-likeness (QED) is 0.791. The smallest absolute Gasteiger partial charge is 0.250 e. The first-order valence-electron chi connectivity index (χ1n) is 6.66. The van der Waals surface area contributed by atoms with Crippen molar-refractivity contribution in [1.82, 2.24) is 5.32 Å². The Morgan fingerprint density at radius 3 is 2.90 bits per heavy atom. The summed E-state index contributed by atoms with van der Waals surface area (Å²) < 4.78 is 0. The van der Waals surface area contributed by atoms with E-state index in [1.54, 1.807) is 12.1 Å². The van der Waals surface area contributed by atoms with Crippen LogP contribution in [0.3, 0.4) is 0 Å². The van der Waals surface area contributed by atoms with E-state index >= 15 is 0 Å². The molecule has 2 rings (SSSR count). The number of carbonyl (C=O) groups excluding carboxylic acids is 2. The summed E-state index contributed by atoms with van der Waals surface area (Å²) in [5.41, 5.74) is 5.97. The lowest BCUT2D eigenvalue weighted by Gasteiger charge is -2.22. The third-order valence-corrected chi connectivity index (χ3v) is 3.72. The minimum absolute atomic E-state index is 0.0588. The molecule has 5 nitrogen and oxygen atoms in total. The SMILES string of the molecule is NC(=O)c1cc(NC(=O)CC2CCCNC2)ccc1Cl. The van der Waals surface area contributed by atoms with Gasteiger partial charge in [-0.05, 0) is 50.0 Å². The molecule has 2 amide bonds. The van der Waals surface area contributed by atoms with Gasteiger partial charge < -0.3 is 16.4 Å². The second kappa shape index (κ2) is 6.72. The minimum Gasteiger partial charge on any atom is -0.366 e. The molecule has 0 aliphatic carbocycles. The van der Waals surface area contributed by atoms with Gasteiger partial charge in [0.2, 0.25) is 11.8 Å². The second-order valence-electron chi connectivity index (χ2n) is 5.02. The number of benzene rings is 1. The van der Waals surface area contributed by atoms with Crippen LogP contribution in [0.1, 0.15) is 29.6 Å². The fraction of sp³-hybridized carbons (Fsp3) is 0.429. The molecule has 20 heavy (non-hydrogen) atoms. The molecule has 1 saturated heterocycles. The molecular weight excluding hydrogens is 278 g/mol. The van der Waals surface area contributed by atoms with Crippen molar-refractivity contribution in [3.8, 4) is 0 Å². The molecule has 1 aromatic rings. The predicted octanol–water partition coefficient (Wildman–Crippen LogP) is 1.77. The van der Waals surface area contributed by atoms with Crippen molar-refractivity contribution < 1.29 is 9.59 Å². The highest BCUT2D eigenvalue weighted by molar-refractivity contribution is 6.33. The van der Waals surface area contributed by atoms with Gasteiger partial charge >= 0.3 is 0 Å². The molecule has 1 aliphatic rings. The van der Waals surface area contributed by atoms with Crippen molar-refractivity contribution in [3.05, 3.63) is 28.8 Å². The van der Waals surface area contributed by atoms with E-state index in [0.29, 0.717) is 18.0 Å². The predicted molar refractivity (Wildman–Crippen MR) is 78.8 cm³/mol. The molecule has 0 saturated carbocycles. The van der Waals surface area contributed by atoms with Gasteiger partial charge in [0, 0.05) is 12.1 Å². The van der Waals surface area contributed by atoms with E-state index in [4.69, 9.17) is 17.3 Å². The van der Waals surface area contributed by atoms with Crippen LogP contribution in [0.5, 0.6) is 0 Å². The maximum Gasteiger partial charge on any atom is 0.250 e. The molecule has 4 N–H and O–H groups in total. The number of halogens is 1. The Morgan fingerprint density at radius 2 is 2.25 bits per heavy atom. The Balaban J connectivity index is 1.96. The number of hydrogen-bond donors (Lipinski definition) is 3. The van der Waals surface area contributed by atoms with Gasteiger partial charge in [0.05, 0.1) is 10.6 Å². The van der Waals surface area contributed by atoms with Crippen LogP contribution in [-0.2, 0) is 4.79 Å². The molecule has 0 radical (unpaired) electrons. The van der Waals surface area contributed by atoms with E-state index in [9.17, 15) is 9.59 Å². The maximum atomic E-state index is 12.0. The summed E-state index contributed by atoms with van der Waals surface area (Å²) in [6, 6.07) is 4.72. The molecule has 108 valence electrons. The Labute approximate surface area is 122 Å². The van der Waals surface area contributed by atoms with Crippen LogP contribution in [0.15, 0.2) is 18.2 Å². The topological polar surface area (TPSA) is 84.2 Å². The molecule has 0 spiro atoms. The van der Waals surface area contributed by atoms with Crippen LogP contribution in [0, 0.1) is 5.92 Å². The van der Waals surface area contributed by atoms with Crippen LogP contribution < -0.4 is 16.4 Å². The zero-order chi connectivity index (χ0) is 14.5. The molecule has 0 aromatic heterocycles. The minimum atomic E-state index is -0.609. The monoisotopic (exact) mass is 295 g/mol. The van der Waals surface area contributed by atoms with E-state index in [-0.39, 0.29) is 16.5 Å². The Morgan fingerprint density at radius 1 is 1.45 bits per heavy atom. The van der Waals surface area contributed by atoms with Crippen molar-refractivity contribution in [2.45, 2.75) is 19.3 Å². The van der Waals surface area contributed by atoms with Crippen molar-refractivity contribution in [3.63, 3.8) is 0 Å². The number of nitrogens with one attached hydrogen (secondary N) is 2.